The third kappa shape index (κ3) is 2.47. The first-order valence-electron chi connectivity index (χ1n) is 5.27. The van der Waals surface area contributed by atoms with Gasteiger partial charge in [-0.25, -0.2) is 0 Å². The van der Waals surface area contributed by atoms with Crippen LogP contribution in [0.2, 0.25) is 0 Å². The van der Waals surface area contributed by atoms with E-state index in [-0.39, 0.29) is 0 Å². The lowest BCUT2D eigenvalue weighted by atomic mass is 10.0. The summed E-state index contributed by atoms with van der Waals surface area (Å²) in [7, 11) is 0. The molecule has 0 fully saturated rings. The molecule has 0 N–H and O–H groups in total. The van der Waals surface area contributed by atoms with Gasteiger partial charge in [0.05, 0.1) is 0 Å². The topological polar surface area (TPSA) is 0 Å². The Hall–Kier alpha value is -1.56. The summed E-state index contributed by atoms with van der Waals surface area (Å²) in [5.74, 6) is 0. The quantitative estimate of drug-likeness (QED) is 0.685. The molecule has 0 aliphatic heterocycles. The second-order valence-corrected chi connectivity index (χ2v) is 4.00. The van der Waals surface area contributed by atoms with Crippen LogP contribution in [0.1, 0.15) is 22.3 Å². The predicted octanol–water partition coefficient (Wildman–Crippen LogP) is 3.69. The third-order valence-electron chi connectivity index (χ3n) is 2.77. The van der Waals surface area contributed by atoms with Crippen molar-refractivity contribution in [2.45, 2.75) is 20.3 Å². The van der Waals surface area contributed by atoms with Crippen LogP contribution in [-0.2, 0) is 6.42 Å². The van der Waals surface area contributed by atoms with Crippen molar-refractivity contribution >= 4 is 0 Å². The first-order chi connectivity index (χ1) is 7.25. The summed E-state index contributed by atoms with van der Waals surface area (Å²) in [6, 6.07) is 17.9. The number of rotatable bonds is 2. The molecule has 0 spiro atoms. The van der Waals surface area contributed by atoms with Gasteiger partial charge >= 0.3 is 0 Å². The summed E-state index contributed by atoms with van der Waals surface area (Å²) in [5.41, 5.74) is 5.46. The van der Waals surface area contributed by atoms with E-state index in [1.54, 1.807) is 0 Å². The minimum absolute atomic E-state index is 1.01. The smallest absolute Gasteiger partial charge is 0.00257 e. The molecule has 2 rings (SSSR count). The Labute approximate surface area is 91.6 Å². The van der Waals surface area contributed by atoms with Gasteiger partial charge < -0.3 is 0 Å². The SMILES string of the molecule is Cc1ccc(Cc2cc[c]cc2)cc1C. The Morgan fingerprint density at radius 2 is 1.60 bits per heavy atom. The number of benzene rings is 2. The molecule has 15 heavy (non-hydrogen) atoms. The largest absolute Gasteiger partial charge is 0.0588 e. The zero-order valence-electron chi connectivity index (χ0n) is 9.25. The molecule has 0 atom stereocenters. The highest BCUT2D eigenvalue weighted by Gasteiger charge is 1.97. The van der Waals surface area contributed by atoms with Gasteiger partial charge in [0.15, 0.2) is 0 Å². The maximum absolute atomic E-state index is 3.04. The summed E-state index contributed by atoms with van der Waals surface area (Å²) >= 11 is 0. The third-order valence-corrected chi connectivity index (χ3v) is 2.77. The van der Waals surface area contributed by atoms with Crippen molar-refractivity contribution in [2.24, 2.45) is 0 Å². The van der Waals surface area contributed by atoms with E-state index < -0.39 is 0 Å². The maximum atomic E-state index is 3.04. The van der Waals surface area contributed by atoms with Gasteiger partial charge in [0, 0.05) is 0 Å². The average molecular weight is 195 g/mol. The molecule has 2 aromatic rings. The maximum Gasteiger partial charge on any atom is -0.00257 e. The normalized spacial score (nSPS) is 10.3. The number of hydrogen-bond acceptors (Lipinski definition) is 0. The highest BCUT2D eigenvalue weighted by Crippen LogP contribution is 2.13. The Bertz CT molecular complexity index is 441. The molecular formula is C15H15. The van der Waals surface area contributed by atoms with Crippen molar-refractivity contribution in [3.05, 3.63) is 70.8 Å². The first kappa shape index (κ1) is 9.97. The second-order valence-electron chi connectivity index (χ2n) is 4.00. The summed E-state index contributed by atoms with van der Waals surface area (Å²) in [4.78, 5) is 0. The highest BCUT2D eigenvalue weighted by molar-refractivity contribution is 5.33. The van der Waals surface area contributed by atoms with Gasteiger partial charge in [-0.05, 0) is 48.6 Å². The van der Waals surface area contributed by atoms with Crippen molar-refractivity contribution in [3.63, 3.8) is 0 Å². The van der Waals surface area contributed by atoms with Crippen LogP contribution in [0.5, 0.6) is 0 Å². The molecule has 0 heteroatoms. The molecule has 0 unspecified atom stereocenters. The molecule has 0 nitrogen and oxygen atoms in total. The van der Waals surface area contributed by atoms with Gasteiger partial charge in [0.1, 0.15) is 0 Å². The van der Waals surface area contributed by atoms with Gasteiger partial charge in [0.2, 0.25) is 0 Å². The minimum Gasteiger partial charge on any atom is -0.0588 e. The number of aryl methyl sites for hydroxylation is 2. The van der Waals surface area contributed by atoms with Gasteiger partial charge in [-0.3, -0.25) is 0 Å². The molecule has 2 aromatic carbocycles. The van der Waals surface area contributed by atoms with E-state index in [1.807, 2.05) is 12.1 Å². The molecule has 1 radical (unpaired) electrons. The predicted molar refractivity (Wildman–Crippen MR) is 64.0 cm³/mol. The van der Waals surface area contributed by atoms with Crippen molar-refractivity contribution in [3.8, 4) is 0 Å². The summed E-state index contributed by atoms with van der Waals surface area (Å²) in [5, 5.41) is 0. The summed E-state index contributed by atoms with van der Waals surface area (Å²) in [6.45, 7) is 4.31. The lowest BCUT2D eigenvalue weighted by Crippen LogP contribution is -1.90. The van der Waals surface area contributed by atoms with Crippen LogP contribution in [0.15, 0.2) is 42.5 Å². The first-order valence-corrected chi connectivity index (χ1v) is 5.27. The second kappa shape index (κ2) is 4.31. The monoisotopic (exact) mass is 195 g/mol. The van der Waals surface area contributed by atoms with Crippen molar-refractivity contribution in [1.82, 2.24) is 0 Å². The fraction of sp³-hybridized carbons (Fsp3) is 0.200. The van der Waals surface area contributed by atoms with E-state index in [2.05, 4.69) is 50.2 Å². The zero-order valence-corrected chi connectivity index (χ0v) is 9.25. The molecule has 0 saturated carbocycles. The number of hydrogen-bond donors (Lipinski definition) is 0. The fourth-order valence-electron chi connectivity index (χ4n) is 1.69. The molecule has 0 aromatic heterocycles. The molecule has 0 amide bonds. The van der Waals surface area contributed by atoms with Crippen molar-refractivity contribution in [1.29, 1.82) is 0 Å². The van der Waals surface area contributed by atoms with Crippen LogP contribution in [0.3, 0.4) is 0 Å². The van der Waals surface area contributed by atoms with Crippen molar-refractivity contribution in [2.75, 3.05) is 0 Å². The van der Waals surface area contributed by atoms with E-state index in [4.69, 9.17) is 0 Å². The van der Waals surface area contributed by atoms with Crippen LogP contribution in [0.25, 0.3) is 0 Å². The molecule has 0 aliphatic carbocycles. The minimum atomic E-state index is 1.01. The van der Waals surface area contributed by atoms with Crippen LogP contribution in [0, 0.1) is 19.9 Å². The molecule has 0 heterocycles. The van der Waals surface area contributed by atoms with Gasteiger partial charge in [-0.15, -0.1) is 0 Å². The molecule has 75 valence electrons. The van der Waals surface area contributed by atoms with Gasteiger partial charge in [-0.2, -0.15) is 0 Å². The van der Waals surface area contributed by atoms with Crippen LogP contribution in [-0.4, -0.2) is 0 Å². The molecular weight excluding hydrogens is 180 g/mol. The van der Waals surface area contributed by atoms with E-state index >= 15 is 0 Å². The Kier molecular flexibility index (Phi) is 2.86. The van der Waals surface area contributed by atoms with E-state index in [0.717, 1.165) is 6.42 Å². The van der Waals surface area contributed by atoms with Crippen LogP contribution >= 0.6 is 0 Å². The Balaban J connectivity index is 2.22. The lowest BCUT2D eigenvalue weighted by molar-refractivity contribution is 1.17. The Morgan fingerprint density at radius 3 is 2.27 bits per heavy atom. The van der Waals surface area contributed by atoms with Gasteiger partial charge in [0.25, 0.3) is 0 Å². The van der Waals surface area contributed by atoms with E-state index in [1.165, 1.54) is 22.3 Å². The highest BCUT2D eigenvalue weighted by atomic mass is 14.0. The fourth-order valence-corrected chi connectivity index (χ4v) is 1.69. The van der Waals surface area contributed by atoms with Crippen LogP contribution in [0.4, 0.5) is 0 Å². The van der Waals surface area contributed by atoms with E-state index in [9.17, 15) is 0 Å². The Morgan fingerprint density at radius 1 is 0.867 bits per heavy atom. The summed E-state index contributed by atoms with van der Waals surface area (Å²) < 4.78 is 0. The summed E-state index contributed by atoms with van der Waals surface area (Å²) in [6.07, 6.45) is 1.01. The molecule has 0 aliphatic rings. The standard InChI is InChI=1S/C15H15/c1-12-8-9-15(10-13(12)2)11-14-6-4-3-5-7-14/h4-10H,11H2,1-2H3. The van der Waals surface area contributed by atoms with Crippen LogP contribution < -0.4 is 0 Å². The molecule has 0 bridgehead atoms. The average Bonchev–Trinajstić information content (AvgIpc) is 2.25. The van der Waals surface area contributed by atoms with E-state index in [0.29, 0.717) is 0 Å². The lowest BCUT2D eigenvalue weighted by Gasteiger charge is -2.05. The molecule has 0 saturated heterocycles. The van der Waals surface area contributed by atoms with Gasteiger partial charge in [-0.1, -0.05) is 42.5 Å². The zero-order chi connectivity index (χ0) is 10.7. The van der Waals surface area contributed by atoms with Crippen molar-refractivity contribution < 1.29 is 0 Å².